The molecule has 0 fully saturated rings. The molecule has 1 aromatic heterocycles. The Morgan fingerprint density at radius 3 is 2.56 bits per heavy atom. The molecule has 3 aromatic rings. The molecule has 3 rings (SSSR count). The number of anilines is 3. The zero-order valence-electron chi connectivity index (χ0n) is 15.2. The summed E-state index contributed by atoms with van der Waals surface area (Å²) in [6.45, 7) is 3.47. The van der Waals surface area contributed by atoms with Crippen LogP contribution >= 0.6 is 11.6 Å². The molecule has 7 heteroatoms. The SMILES string of the molecule is CCCCNc1nncc(Nc2ccc(OCc3ccc(Cl)cc3)cc2)n1. The van der Waals surface area contributed by atoms with Gasteiger partial charge >= 0.3 is 0 Å². The topological polar surface area (TPSA) is 72.0 Å². The van der Waals surface area contributed by atoms with Gasteiger partial charge in [-0.3, -0.25) is 0 Å². The minimum Gasteiger partial charge on any atom is -0.489 e. The van der Waals surface area contributed by atoms with Gasteiger partial charge in [-0.25, -0.2) is 0 Å². The first-order valence-electron chi connectivity index (χ1n) is 8.91. The molecule has 0 amide bonds. The second-order valence-electron chi connectivity index (χ2n) is 6.01. The lowest BCUT2D eigenvalue weighted by atomic mass is 10.2. The smallest absolute Gasteiger partial charge is 0.244 e. The number of rotatable bonds is 9. The molecule has 0 radical (unpaired) electrons. The number of nitrogens with one attached hydrogen (secondary N) is 2. The van der Waals surface area contributed by atoms with Gasteiger partial charge in [0.05, 0.1) is 6.20 Å². The van der Waals surface area contributed by atoms with Crippen molar-refractivity contribution in [1.82, 2.24) is 15.2 Å². The normalized spacial score (nSPS) is 10.4. The van der Waals surface area contributed by atoms with E-state index < -0.39 is 0 Å². The number of aromatic nitrogens is 3. The molecule has 27 heavy (non-hydrogen) atoms. The van der Waals surface area contributed by atoms with Crippen LogP contribution in [0.1, 0.15) is 25.3 Å². The molecule has 0 saturated carbocycles. The lowest BCUT2D eigenvalue weighted by Crippen LogP contribution is -2.07. The number of ether oxygens (including phenoxy) is 1. The second-order valence-corrected chi connectivity index (χ2v) is 6.45. The Balaban J connectivity index is 1.54. The monoisotopic (exact) mass is 383 g/mol. The van der Waals surface area contributed by atoms with Crippen LogP contribution in [0.3, 0.4) is 0 Å². The molecular weight excluding hydrogens is 362 g/mol. The van der Waals surface area contributed by atoms with Gasteiger partial charge in [0.1, 0.15) is 12.4 Å². The van der Waals surface area contributed by atoms with Gasteiger partial charge in [0, 0.05) is 17.3 Å². The van der Waals surface area contributed by atoms with E-state index in [9.17, 15) is 0 Å². The van der Waals surface area contributed by atoms with Crippen molar-refractivity contribution < 1.29 is 4.74 Å². The van der Waals surface area contributed by atoms with Gasteiger partial charge < -0.3 is 15.4 Å². The summed E-state index contributed by atoms with van der Waals surface area (Å²) < 4.78 is 5.79. The molecule has 0 aliphatic rings. The summed E-state index contributed by atoms with van der Waals surface area (Å²) in [7, 11) is 0. The third-order valence-corrected chi connectivity index (χ3v) is 4.07. The number of nitrogens with zero attached hydrogens (tertiary/aromatic N) is 3. The summed E-state index contributed by atoms with van der Waals surface area (Å²) >= 11 is 5.89. The molecule has 0 spiro atoms. The van der Waals surface area contributed by atoms with E-state index in [1.807, 2.05) is 48.5 Å². The maximum atomic E-state index is 5.89. The van der Waals surface area contributed by atoms with Gasteiger partial charge in [-0.15, -0.1) is 5.10 Å². The van der Waals surface area contributed by atoms with Crippen molar-refractivity contribution in [2.24, 2.45) is 0 Å². The van der Waals surface area contributed by atoms with Crippen molar-refractivity contribution >= 4 is 29.1 Å². The van der Waals surface area contributed by atoms with Crippen molar-refractivity contribution in [1.29, 1.82) is 0 Å². The Labute approximate surface area is 164 Å². The van der Waals surface area contributed by atoms with Gasteiger partial charge in [-0.05, 0) is 48.4 Å². The van der Waals surface area contributed by atoms with E-state index in [-0.39, 0.29) is 0 Å². The summed E-state index contributed by atoms with van der Waals surface area (Å²) in [6.07, 6.45) is 3.78. The predicted octanol–water partition coefficient (Wildman–Crippen LogP) is 5.06. The van der Waals surface area contributed by atoms with Crippen LogP contribution in [0.2, 0.25) is 5.02 Å². The van der Waals surface area contributed by atoms with Gasteiger partial charge in [-0.1, -0.05) is 37.1 Å². The molecule has 0 aliphatic carbocycles. The van der Waals surface area contributed by atoms with E-state index in [2.05, 4.69) is 32.7 Å². The van der Waals surface area contributed by atoms with Crippen LogP contribution in [-0.4, -0.2) is 21.7 Å². The number of unbranched alkanes of at least 4 members (excludes halogenated alkanes) is 1. The minimum absolute atomic E-state index is 0.493. The van der Waals surface area contributed by atoms with Gasteiger partial charge in [-0.2, -0.15) is 10.1 Å². The van der Waals surface area contributed by atoms with Gasteiger partial charge in [0.25, 0.3) is 0 Å². The molecule has 2 N–H and O–H groups in total. The fraction of sp³-hybridized carbons (Fsp3) is 0.250. The third kappa shape index (κ3) is 6.11. The Bertz CT molecular complexity index is 840. The van der Waals surface area contributed by atoms with E-state index in [4.69, 9.17) is 16.3 Å². The average molecular weight is 384 g/mol. The molecule has 0 unspecified atom stereocenters. The van der Waals surface area contributed by atoms with E-state index in [1.54, 1.807) is 6.20 Å². The van der Waals surface area contributed by atoms with E-state index >= 15 is 0 Å². The van der Waals surface area contributed by atoms with Crippen molar-refractivity contribution in [2.45, 2.75) is 26.4 Å². The average Bonchev–Trinajstić information content (AvgIpc) is 2.69. The Morgan fingerprint density at radius 2 is 1.81 bits per heavy atom. The molecule has 0 aliphatic heterocycles. The largest absolute Gasteiger partial charge is 0.489 e. The molecule has 0 saturated heterocycles. The Hall–Kier alpha value is -2.86. The predicted molar refractivity (Wildman–Crippen MR) is 109 cm³/mol. The van der Waals surface area contributed by atoms with E-state index in [1.165, 1.54) is 0 Å². The number of benzene rings is 2. The molecular formula is C20H22ClN5O. The Morgan fingerprint density at radius 1 is 1.04 bits per heavy atom. The summed E-state index contributed by atoms with van der Waals surface area (Å²) in [5, 5.41) is 15.1. The summed E-state index contributed by atoms with van der Waals surface area (Å²) in [6, 6.07) is 15.3. The molecule has 2 aromatic carbocycles. The highest BCUT2D eigenvalue weighted by Crippen LogP contribution is 2.20. The maximum Gasteiger partial charge on any atom is 0.244 e. The van der Waals surface area contributed by atoms with Crippen molar-refractivity contribution in [2.75, 3.05) is 17.2 Å². The number of hydrogen-bond donors (Lipinski definition) is 2. The fourth-order valence-corrected chi connectivity index (χ4v) is 2.47. The molecule has 0 atom stereocenters. The third-order valence-electron chi connectivity index (χ3n) is 3.82. The zero-order chi connectivity index (χ0) is 18.9. The van der Waals surface area contributed by atoms with Crippen LogP contribution < -0.4 is 15.4 Å². The molecule has 0 bridgehead atoms. The fourth-order valence-electron chi connectivity index (χ4n) is 2.35. The molecule has 6 nitrogen and oxygen atoms in total. The van der Waals surface area contributed by atoms with Crippen molar-refractivity contribution in [3.8, 4) is 5.75 Å². The van der Waals surface area contributed by atoms with Crippen molar-refractivity contribution in [3.63, 3.8) is 0 Å². The summed E-state index contributed by atoms with van der Waals surface area (Å²) in [5.74, 6) is 1.95. The number of halogens is 1. The summed E-state index contributed by atoms with van der Waals surface area (Å²) in [5.41, 5.74) is 1.96. The van der Waals surface area contributed by atoms with Crippen LogP contribution in [0.5, 0.6) is 5.75 Å². The molecule has 140 valence electrons. The highest BCUT2D eigenvalue weighted by molar-refractivity contribution is 6.30. The first-order valence-corrected chi connectivity index (χ1v) is 9.28. The maximum absolute atomic E-state index is 5.89. The first-order chi connectivity index (χ1) is 13.2. The Kier molecular flexibility index (Phi) is 6.82. The van der Waals surface area contributed by atoms with Gasteiger partial charge in [0.2, 0.25) is 5.95 Å². The lowest BCUT2D eigenvalue weighted by Gasteiger charge is -2.09. The zero-order valence-corrected chi connectivity index (χ0v) is 15.9. The van der Waals surface area contributed by atoms with Crippen LogP contribution in [0.15, 0.2) is 54.7 Å². The van der Waals surface area contributed by atoms with Gasteiger partial charge in [0.15, 0.2) is 5.82 Å². The second kappa shape index (κ2) is 9.73. The quantitative estimate of drug-likeness (QED) is 0.503. The first kappa shape index (κ1) is 18.9. The van der Waals surface area contributed by atoms with E-state index in [0.29, 0.717) is 18.4 Å². The summed E-state index contributed by atoms with van der Waals surface area (Å²) in [4.78, 5) is 4.41. The lowest BCUT2D eigenvalue weighted by molar-refractivity contribution is 0.306. The highest BCUT2D eigenvalue weighted by atomic mass is 35.5. The standard InChI is InChI=1S/C20H22ClN5O/c1-2-3-12-22-20-25-19(13-23-26-20)24-17-8-10-18(11-9-17)27-14-15-4-6-16(21)7-5-15/h4-11,13H,2-3,12,14H2,1H3,(H2,22,24,25,26). The molecule has 1 heterocycles. The van der Waals surface area contributed by atoms with Crippen LogP contribution in [0.25, 0.3) is 0 Å². The number of hydrogen-bond acceptors (Lipinski definition) is 6. The van der Waals surface area contributed by atoms with Crippen LogP contribution in [0.4, 0.5) is 17.5 Å². The van der Waals surface area contributed by atoms with Crippen LogP contribution in [-0.2, 0) is 6.61 Å². The van der Waals surface area contributed by atoms with Crippen LogP contribution in [0, 0.1) is 0 Å². The minimum atomic E-state index is 0.493. The van der Waals surface area contributed by atoms with Crippen molar-refractivity contribution in [3.05, 3.63) is 65.3 Å². The highest BCUT2D eigenvalue weighted by Gasteiger charge is 2.02. The van der Waals surface area contributed by atoms with E-state index in [0.717, 1.165) is 41.4 Å².